The van der Waals surface area contributed by atoms with Crippen LogP contribution in [0.25, 0.3) is 0 Å². The van der Waals surface area contributed by atoms with Gasteiger partial charge in [-0.25, -0.2) is 0 Å². The lowest BCUT2D eigenvalue weighted by Gasteiger charge is -2.05. The maximum absolute atomic E-state index is 10.7. The first kappa shape index (κ1) is 14.4. The van der Waals surface area contributed by atoms with Crippen molar-refractivity contribution in [1.82, 2.24) is 0 Å². The molecule has 0 bridgehead atoms. The number of thioether (sulfide) groups is 1. The second kappa shape index (κ2) is 7.55. The predicted octanol–water partition coefficient (Wildman–Crippen LogP) is 3.91. The minimum atomic E-state index is -0.368. The molecule has 2 aromatic carbocycles. The summed E-state index contributed by atoms with van der Waals surface area (Å²) in [5, 5.41) is 10.7. The van der Waals surface area contributed by atoms with Crippen LogP contribution < -0.4 is 4.74 Å². The van der Waals surface area contributed by atoms with E-state index >= 15 is 0 Å². The quantitative estimate of drug-likeness (QED) is 0.440. The van der Waals surface area contributed by atoms with E-state index in [1.165, 1.54) is 6.07 Å². The van der Waals surface area contributed by atoms with Gasteiger partial charge in [0, 0.05) is 23.6 Å². The van der Waals surface area contributed by atoms with Crippen LogP contribution in [-0.2, 0) is 5.75 Å². The van der Waals surface area contributed by atoms with Crippen molar-refractivity contribution in [2.45, 2.75) is 5.75 Å². The van der Waals surface area contributed by atoms with E-state index in [1.54, 1.807) is 23.9 Å². The maximum atomic E-state index is 10.7. The lowest BCUT2D eigenvalue weighted by Crippen LogP contribution is -2.00. The van der Waals surface area contributed by atoms with Crippen molar-refractivity contribution >= 4 is 17.4 Å². The van der Waals surface area contributed by atoms with E-state index in [2.05, 4.69) is 0 Å². The molecule has 104 valence electrons. The van der Waals surface area contributed by atoms with Crippen molar-refractivity contribution in [3.8, 4) is 5.75 Å². The highest BCUT2D eigenvalue weighted by atomic mass is 32.2. The van der Waals surface area contributed by atoms with Crippen molar-refractivity contribution in [2.24, 2.45) is 0 Å². The number of nitro benzene ring substituents is 1. The Kier molecular flexibility index (Phi) is 5.43. The Balaban J connectivity index is 1.71. The summed E-state index contributed by atoms with van der Waals surface area (Å²) < 4.78 is 5.58. The van der Waals surface area contributed by atoms with Crippen molar-refractivity contribution in [3.05, 3.63) is 70.3 Å². The maximum Gasteiger partial charge on any atom is 0.269 e. The number of para-hydroxylation sites is 1. The summed E-state index contributed by atoms with van der Waals surface area (Å²) in [6.45, 7) is 0.629. The number of nitrogens with zero attached hydrogens (tertiary/aromatic N) is 1. The van der Waals surface area contributed by atoms with Crippen molar-refractivity contribution < 1.29 is 9.66 Å². The van der Waals surface area contributed by atoms with Crippen LogP contribution in [0.4, 0.5) is 5.69 Å². The smallest absolute Gasteiger partial charge is 0.269 e. The number of ether oxygens (including phenoxy) is 1. The number of hydrogen-bond donors (Lipinski definition) is 0. The third kappa shape index (κ3) is 4.59. The van der Waals surface area contributed by atoms with Gasteiger partial charge in [-0.2, -0.15) is 11.8 Å². The van der Waals surface area contributed by atoms with E-state index in [1.807, 2.05) is 36.4 Å². The zero-order valence-electron chi connectivity index (χ0n) is 10.9. The van der Waals surface area contributed by atoms with Gasteiger partial charge in [-0.3, -0.25) is 10.1 Å². The van der Waals surface area contributed by atoms with Crippen molar-refractivity contribution in [1.29, 1.82) is 0 Å². The van der Waals surface area contributed by atoms with E-state index in [0.717, 1.165) is 22.8 Å². The van der Waals surface area contributed by atoms with Gasteiger partial charge < -0.3 is 4.74 Å². The zero-order valence-corrected chi connectivity index (χ0v) is 11.7. The van der Waals surface area contributed by atoms with Gasteiger partial charge >= 0.3 is 0 Å². The highest BCUT2D eigenvalue weighted by Gasteiger charge is 2.05. The fraction of sp³-hybridized carbons (Fsp3) is 0.200. The Bertz CT molecular complexity index is 560. The Morgan fingerprint density at radius 1 is 1.10 bits per heavy atom. The summed E-state index contributed by atoms with van der Waals surface area (Å²) in [5.74, 6) is 2.46. The standard InChI is InChI=1S/C15H15NO3S/c17-16(18)14-6-4-5-13(11-14)12-20-10-9-19-15-7-2-1-3-8-15/h1-8,11H,9-10,12H2. The van der Waals surface area contributed by atoms with Crippen LogP contribution in [-0.4, -0.2) is 17.3 Å². The van der Waals surface area contributed by atoms with Gasteiger partial charge in [0.25, 0.3) is 5.69 Å². The van der Waals surface area contributed by atoms with Crippen molar-refractivity contribution in [2.75, 3.05) is 12.4 Å². The van der Waals surface area contributed by atoms with Crippen LogP contribution in [0, 0.1) is 10.1 Å². The SMILES string of the molecule is O=[N+]([O-])c1cccc(CSCCOc2ccccc2)c1. The first-order valence-corrected chi connectivity index (χ1v) is 7.40. The normalized spacial score (nSPS) is 10.2. The molecule has 4 nitrogen and oxygen atoms in total. The number of rotatable bonds is 7. The van der Waals surface area contributed by atoms with Crippen LogP contribution in [0.5, 0.6) is 5.75 Å². The molecule has 2 rings (SSSR count). The Hall–Kier alpha value is -2.01. The van der Waals surface area contributed by atoms with Crippen LogP contribution in [0.15, 0.2) is 54.6 Å². The Labute approximate surface area is 121 Å². The second-order valence-electron chi connectivity index (χ2n) is 4.14. The molecule has 2 aromatic rings. The summed E-state index contributed by atoms with van der Waals surface area (Å²) in [6, 6.07) is 16.4. The molecule has 5 heteroatoms. The molecule has 0 unspecified atom stereocenters. The third-order valence-electron chi connectivity index (χ3n) is 2.63. The summed E-state index contributed by atoms with van der Waals surface area (Å²) in [6.07, 6.45) is 0. The Morgan fingerprint density at radius 2 is 1.90 bits per heavy atom. The molecule has 0 saturated carbocycles. The predicted molar refractivity (Wildman–Crippen MR) is 81.2 cm³/mol. The molecule has 0 aliphatic heterocycles. The van der Waals surface area contributed by atoms with Gasteiger partial charge in [0.05, 0.1) is 11.5 Å². The fourth-order valence-electron chi connectivity index (χ4n) is 1.68. The van der Waals surface area contributed by atoms with Gasteiger partial charge in [0.1, 0.15) is 5.75 Å². The molecule has 20 heavy (non-hydrogen) atoms. The number of hydrogen-bond acceptors (Lipinski definition) is 4. The van der Waals surface area contributed by atoms with Gasteiger partial charge in [-0.1, -0.05) is 30.3 Å². The number of non-ortho nitro benzene ring substituents is 1. The van der Waals surface area contributed by atoms with Crippen LogP contribution in [0.2, 0.25) is 0 Å². The van der Waals surface area contributed by atoms with E-state index in [-0.39, 0.29) is 10.6 Å². The first-order chi connectivity index (χ1) is 9.75. The summed E-state index contributed by atoms with van der Waals surface area (Å²) in [4.78, 5) is 10.3. The lowest BCUT2D eigenvalue weighted by atomic mass is 10.2. The lowest BCUT2D eigenvalue weighted by molar-refractivity contribution is -0.384. The average Bonchev–Trinajstić information content (AvgIpc) is 2.48. The Morgan fingerprint density at radius 3 is 2.65 bits per heavy atom. The van der Waals surface area contributed by atoms with E-state index in [4.69, 9.17) is 4.74 Å². The molecule has 0 atom stereocenters. The monoisotopic (exact) mass is 289 g/mol. The first-order valence-electron chi connectivity index (χ1n) is 6.24. The van der Waals surface area contributed by atoms with E-state index in [0.29, 0.717) is 6.61 Å². The van der Waals surface area contributed by atoms with E-state index < -0.39 is 0 Å². The summed E-state index contributed by atoms with van der Waals surface area (Å²) in [7, 11) is 0. The minimum Gasteiger partial charge on any atom is -0.493 e. The molecular formula is C15H15NO3S. The molecule has 0 heterocycles. The van der Waals surface area contributed by atoms with Crippen LogP contribution in [0.3, 0.4) is 0 Å². The van der Waals surface area contributed by atoms with Gasteiger partial charge in [0.2, 0.25) is 0 Å². The number of benzene rings is 2. The highest BCUT2D eigenvalue weighted by Crippen LogP contribution is 2.18. The fourth-order valence-corrected chi connectivity index (χ4v) is 2.45. The van der Waals surface area contributed by atoms with E-state index in [9.17, 15) is 10.1 Å². The molecule has 0 aliphatic carbocycles. The van der Waals surface area contributed by atoms with Gasteiger partial charge in [-0.05, 0) is 17.7 Å². The summed E-state index contributed by atoms with van der Waals surface area (Å²) >= 11 is 1.70. The molecule has 0 radical (unpaired) electrons. The largest absolute Gasteiger partial charge is 0.493 e. The van der Waals surface area contributed by atoms with Crippen LogP contribution in [0.1, 0.15) is 5.56 Å². The summed E-state index contributed by atoms with van der Waals surface area (Å²) in [5.41, 5.74) is 1.10. The molecule has 0 amide bonds. The molecule has 0 saturated heterocycles. The number of nitro groups is 1. The third-order valence-corrected chi connectivity index (χ3v) is 3.62. The molecule has 0 aliphatic rings. The van der Waals surface area contributed by atoms with Crippen LogP contribution >= 0.6 is 11.8 Å². The average molecular weight is 289 g/mol. The topological polar surface area (TPSA) is 52.4 Å². The minimum absolute atomic E-state index is 0.142. The molecule has 0 aromatic heterocycles. The molecule has 0 spiro atoms. The molecular weight excluding hydrogens is 274 g/mol. The van der Waals surface area contributed by atoms with Gasteiger partial charge in [-0.15, -0.1) is 0 Å². The molecule has 0 N–H and O–H groups in total. The van der Waals surface area contributed by atoms with Crippen molar-refractivity contribution in [3.63, 3.8) is 0 Å². The second-order valence-corrected chi connectivity index (χ2v) is 5.25. The van der Waals surface area contributed by atoms with Gasteiger partial charge in [0.15, 0.2) is 0 Å². The zero-order chi connectivity index (χ0) is 14.2. The molecule has 0 fully saturated rings. The highest BCUT2D eigenvalue weighted by molar-refractivity contribution is 7.98.